The molecule has 3 rings (SSSR count). The van der Waals surface area contributed by atoms with Crippen molar-refractivity contribution in [2.45, 2.75) is 99.3 Å². The lowest BCUT2D eigenvalue weighted by Crippen LogP contribution is -2.68. The van der Waals surface area contributed by atoms with Gasteiger partial charge < -0.3 is 47.4 Å². The third kappa shape index (κ3) is 9.49. The summed E-state index contributed by atoms with van der Waals surface area (Å²) in [5.41, 5.74) is -0.812. The molecule has 2 heterocycles. The van der Waals surface area contributed by atoms with Gasteiger partial charge in [-0.3, -0.25) is 15.0 Å². The summed E-state index contributed by atoms with van der Waals surface area (Å²) in [6.45, 7) is 5.37. The maximum absolute atomic E-state index is 13.2. The number of methoxy groups -OCH3 is 3. The van der Waals surface area contributed by atoms with Gasteiger partial charge in [0.15, 0.2) is 24.1 Å². The predicted molar refractivity (Wildman–Crippen MR) is 171 cm³/mol. The minimum atomic E-state index is -2.30. The highest BCUT2D eigenvalue weighted by molar-refractivity contribution is 6.76. The summed E-state index contributed by atoms with van der Waals surface area (Å²) in [5, 5.41) is 8.23. The summed E-state index contributed by atoms with van der Waals surface area (Å²) in [5.74, 6) is -3.47. The standard InChI is InChI=1S/C31H42Cl3NO13/c1-8-30(29(38)41-7)16(2)21(39-5)24(40-6)27(48-30)46-22-20(15-42-17(3)36)45-26(47-28(35)31(32,33)34)25(23(22)44-18(4)37)43-14-19-12-10-9-11-13-19/h9-13,16,20-27,35H,8,14-15H2,1-7H3/t16-,20?,21+,22+,23+,24?,25?,26?,27-,30?/m1/s1. The molecule has 2 fully saturated rings. The topological polar surface area (TPSA) is 167 Å². The SMILES string of the molecule is CCC1(C(=O)OC)O[C@@H](O[C@H]2C(COC(C)=O)OC(OC(=N)C(Cl)(Cl)Cl)C(OCc3ccccc3)[C@H]2OC(C)=O)C(OC)[C@@H](OC)[C@H]1C. The molecule has 270 valence electrons. The highest BCUT2D eigenvalue weighted by Gasteiger charge is 2.60. The Balaban J connectivity index is 2.14. The van der Waals surface area contributed by atoms with Crippen LogP contribution >= 0.6 is 34.8 Å². The summed E-state index contributed by atoms with van der Waals surface area (Å²) in [6, 6.07) is 9.01. The monoisotopic (exact) mass is 741 g/mol. The average molecular weight is 743 g/mol. The van der Waals surface area contributed by atoms with Crippen molar-refractivity contribution in [2.24, 2.45) is 5.92 Å². The molecular weight excluding hydrogens is 701 g/mol. The van der Waals surface area contributed by atoms with Crippen molar-refractivity contribution in [3.05, 3.63) is 35.9 Å². The first-order valence-electron chi connectivity index (χ1n) is 15.0. The summed E-state index contributed by atoms with van der Waals surface area (Å²) < 4.78 is 56.4. The minimum absolute atomic E-state index is 0.0416. The van der Waals surface area contributed by atoms with Gasteiger partial charge in [0.05, 0.1) is 19.8 Å². The highest BCUT2D eigenvalue weighted by atomic mass is 35.6. The van der Waals surface area contributed by atoms with E-state index in [1.54, 1.807) is 38.1 Å². The Labute approximate surface area is 294 Å². The van der Waals surface area contributed by atoms with E-state index in [-0.39, 0.29) is 13.0 Å². The zero-order chi connectivity index (χ0) is 35.8. The fourth-order valence-corrected chi connectivity index (χ4v) is 5.94. The Morgan fingerprint density at radius 2 is 1.54 bits per heavy atom. The first-order chi connectivity index (χ1) is 22.6. The molecule has 5 unspecified atom stereocenters. The Kier molecular flexibility index (Phi) is 14.7. The molecule has 10 atom stereocenters. The molecule has 14 nitrogen and oxygen atoms in total. The van der Waals surface area contributed by atoms with Crippen LogP contribution in [0.2, 0.25) is 0 Å². The second-order valence-corrected chi connectivity index (χ2v) is 13.4. The van der Waals surface area contributed by atoms with E-state index in [2.05, 4.69) is 0 Å². The molecule has 2 saturated heterocycles. The molecule has 0 spiro atoms. The first kappa shape index (κ1) is 40.2. The van der Waals surface area contributed by atoms with Gasteiger partial charge in [-0.1, -0.05) is 79.0 Å². The van der Waals surface area contributed by atoms with Crippen LogP contribution in [0.4, 0.5) is 0 Å². The zero-order valence-corrected chi connectivity index (χ0v) is 29.9. The van der Waals surface area contributed by atoms with Crippen molar-refractivity contribution in [1.29, 1.82) is 5.41 Å². The van der Waals surface area contributed by atoms with E-state index in [0.29, 0.717) is 0 Å². The van der Waals surface area contributed by atoms with Crippen LogP contribution < -0.4 is 0 Å². The van der Waals surface area contributed by atoms with Gasteiger partial charge in [-0.25, -0.2) is 4.79 Å². The van der Waals surface area contributed by atoms with Crippen LogP contribution in [-0.4, -0.2) is 110 Å². The number of benzene rings is 1. The van der Waals surface area contributed by atoms with Gasteiger partial charge in [0, 0.05) is 34.0 Å². The quantitative estimate of drug-likeness (QED) is 0.102. The number of ether oxygens (including phenoxy) is 10. The number of esters is 3. The van der Waals surface area contributed by atoms with E-state index in [4.69, 9.17) is 87.6 Å². The number of carbonyl (C=O) groups excluding carboxylic acids is 3. The second-order valence-electron chi connectivity index (χ2n) is 11.1. The molecule has 2 aliphatic rings. The molecule has 2 aliphatic heterocycles. The van der Waals surface area contributed by atoms with Gasteiger partial charge in [0.1, 0.15) is 24.9 Å². The molecule has 0 radical (unpaired) electrons. The fourth-order valence-electron chi connectivity index (χ4n) is 5.81. The zero-order valence-electron chi connectivity index (χ0n) is 27.6. The van der Waals surface area contributed by atoms with Crippen molar-refractivity contribution in [1.82, 2.24) is 0 Å². The molecule has 0 aromatic heterocycles. The van der Waals surface area contributed by atoms with E-state index in [0.717, 1.165) is 12.5 Å². The number of rotatable bonds is 13. The van der Waals surface area contributed by atoms with E-state index in [1.807, 2.05) is 6.07 Å². The number of carbonyl (C=O) groups is 3. The minimum Gasteiger partial charge on any atom is -0.467 e. The molecule has 0 amide bonds. The van der Waals surface area contributed by atoms with Gasteiger partial charge in [-0.15, -0.1) is 0 Å². The van der Waals surface area contributed by atoms with Crippen molar-refractivity contribution >= 4 is 58.6 Å². The molecular formula is C31H42Cl3NO13. The van der Waals surface area contributed by atoms with Crippen LogP contribution in [0.1, 0.15) is 39.7 Å². The maximum atomic E-state index is 13.2. The second kappa shape index (κ2) is 17.6. The number of halogens is 3. The third-order valence-corrected chi connectivity index (χ3v) is 8.67. The van der Waals surface area contributed by atoms with E-state index in [9.17, 15) is 14.4 Å². The Hall–Kier alpha value is -2.27. The lowest BCUT2D eigenvalue weighted by Gasteiger charge is -2.52. The molecule has 0 bridgehead atoms. The highest BCUT2D eigenvalue weighted by Crippen LogP contribution is 2.42. The van der Waals surface area contributed by atoms with Crippen LogP contribution in [0.3, 0.4) is 0 Å². The summed E-state index contributed by atoms with van der Waals surface area (Å²) in [6.07, 6.45) is -9.75. The smallest absolute Gasteiger partial charge is 0.338 e. The van der Waals surface area contributed by atoms with Crippen molar-refractivity contribution in [2.75, 3.05) is 27.9 Å². The molecule has 48 heavy (non-hydrogen) atoms. The molecule has 17 heteroatoms. The summed E-state index contributed by atoms with van der Waals surface area (Å²) in [7, 11) is 4.10. The third-order valence-electron chi connectivity index (χ3n) is 8.16. The Bertz CT molecular complexity index is 1250. The van der Waals surface area contributed by atoms with Gasteiger partial charge in [-0.05, 0) is 12.0 Å². The number of hydrogen-bond acceptors (Lipinski definition) is 14. The summed E-state index contributed by atoms with van der Waals surface area (Å²) >= 11 is 17.7. The number of hydrogen-bond donors (Lipinski definition) is 1. The lowest BCUT2D eigenvalue weighted by atomic mass is 9.77. The van der Waals surface area contributed by atoms with E-state index < -0.39 is 94.9 Å². The first-order valence-corrected chi connectivity index (χ1v) is 16.2. The maximum Gasteiger partial charge on any atom is 0.338 e. The Morgan fingerprint density at radius 1 is 0.896 bits per heavy atom. The molecule has 1 aromatic rings. The van der Waals surface area contributed by atoms with Crippen LogP contribution in [-0.2, 0) is 68.4 Å². The van der Waals surface area contributed by atoms with Crippen molar-refractivity contribution < 1.29 is 61.8 Å². The fraction of sp³-hybridized carbons (Fsp3) is 0.677. The van der Waals surface area contributed by atoms with Gasteiger partial charge in [0.25, 0.3) is 3.79 Å². The number of alkyl halides is 3. The van der Waals surface area contributed by atoms with E-state index >= 15 is 0 Å². The molecule has 0 saturated carbocycles. The van der Waals surface area contributed by atoms with Crippen LogP contribution in [0.15, 0.2) is 30.3 Å². The van der Waals surface area contributed by atoms with Gasteiger partial charge in [0.2, 0.25) is 12.2 Å². The normalized spacial score (nSPS) is 32.2. The molecule has 1 N–H and O–H groups in total. The van der Waals surface area contributed by atoms with Crippen LogP contribution in [0, 0.1) is 11.3 Å². The molecule has 0 aliphatic carbocycles. The van der Waals surface area contributed by atoms with Crippen LogP contribution in [0.5, 0.6) is 0 Å². The summed E-state index contributed by atoms with van der Waals surface area (Å²) in [4.78, 5) is 37.8. The molecule has 1 aromatic carbocycles. The van der Waals surface area contributed by atoms with Crippen molar-refractivity contribution in [3.8, 4) is 0 Å². The van der Waals surface area contributed by atoms with Crippen molar-refractivity contribution in [3.63, 3.8) is 0 Å². The van der Waals surface area contributed by atoms with Gasteiger partial charge >= 0.3 is 17.9 Å². The average Bonchev–Trinajstić information content (AvgIpc) is 3.04. The Morgan fingerprint density at radius 3 is 2.06 bits per heavy atom. The van der Waals surface area contributed by atoms with E-state index in [1.165, 1.54) is 28.3 Å². The van der Waals surface area contributed by atoms with Gasteiger partial charge in [-0.2, -0.15) is 0 Å². The number of nitrogens with one attached hydrogen (secondary N) is 1. The lowest BCUT2D eigenvalue weighted by molar-refractivity contribution is -0.367. The van der Waals surface area contributed by atoms with Crippen LogP contribution in [0.25, 0.3) is 0 Å². The largest absolute Gasteiger partial charge is 0.467 e. The predicted octanol–water partition coefficient (Wildman–Crippen LogP) is 3.88.